The molecule has 170 valence electrons. The third-order valence-electron chi connectivity index (χ3n) is 5.52. The van der Waals surface area contributed by atoms with Crippen LogP contribution in [0.5, 0.6) is 5.75 Å². The van der Waals surface area contributed by atoms with Gasteiger partial charge in [-0.2, -0.15) is 13.2 Å². The van der Waals surface area contributed by atoms with E-state index < -0.39 is 11.7 Å². The van der Waals surface area contributed by atoms with Gasteiger partial charge in [0, 0.05) is 24.7 Å². The molecule has 0 aromatic heterocycles. The van der Waals surface area contributed by atoms with Crippen LogP contribution >= 0.6 is 0 Å². The molecule has 0 aliphatic carbocycles. The maximum Gasteiger partial charge on any atom is 0.416 e. The molecule has 0 radical (unpaired) electrons. The molecule has 0 unspecified atom stereocenters. The molecule has 6 heteroatoms. The first-order valence-electron chi connectivity index (χ1n) is 10.6. The summed E-state index contributed by atoms with van der Waals surface area (Å²) in [6, 6.07) is 19.0. The van der Waals surface area contributed by atoms with Crippen molar-refractivity contribution in [2.45, 2.75) is 38.5 Å². The van der Waals surface area contributed by atoms with E-state index in [0.29, 0.717) is 23.4 Å². The summed E-state index contributed by atoms with van der Waals surface area (Å²) in [5, 5.41) is 3.23. The van der Waals surface area contributed by atoms with E-state index in [1.54, 1.807) is 7.11 Å². The fourth-order valence-electron chi connectivity index (χ4n) is 3.65. The van der Waals surface area contributed by atoms with E-state index in [0.717, 1.165) is 22.8 Å². The third-order valence-corrected chi connectivity index (χ3v) is 5.52. The van der Waals surface area contributed by atoms with Crippen molar-refractivity contribution in [2.24, 2.45) is 5.73 Å². The van der Waals surface area contributed by atoms with Gasteiger partial charge >= 0.3 is 6.18 Å². The summed E-state index contributed by atoms with van der Waals surface area (Å²) in [5.41, 5.74) is 9.65. The average Bonchev–Trinajstić information content (AvgIpc) is 2.78. The van der Waals surface area contributed by atoms with Crippen LogP contribution < -0.4 is 15.8 Å². The molecule has 0 bridgehead atoms. The maximum atomic E-state index is 13.4. The molecule has 0 heterocycles. The Morgan fingerprint density at radius 1 is 0.906 bits per heavy atom. The molecule has 3 rings (SSSR count). The van der Waals surface area contributed by atoms with Crippen molar-refractivity contribution in [2.75, 3.05) is 13.7 Å². The summed E-state index contributed by atoms with van der Waals surface area (Å²) in [6.45, 7) is 4.83. The summed E-state index contributed by atoms with van der Waals surface area (Å²) < 4.78 is 45.8. The first-order valence-corrected chi connectivity index (χ1v) is 10.6. The van der Waals surface area contributed by atoms with Crippen molar-refractivity contribution in [1.29, 1.82) is 0 Å². The number of hydrogen-bond acceptors (Lipinski definition) is 3. The number of hydrogen-bond donors (Lipinski definition) is 2. The second-order valence-electron chi connectivity index (χ2n) is 8.13. The summed E-state index contributed by atoms with van der Waals surface area (Å²) in [6.07, 6.45) is -4.42. The lowest BCUT2D eigenvalue weighted by molar-refractivity contribution is -0.137. The van der Waals surface area contributed by atoms with Crippen LogP contribution in [0, 0.1) is 0 Å². The lowest BCUT2D eigenvalue weighted by atomic mass is 9.92. The predicted octanol–water partition coefficient (Wildman–Crippen LogP) is 6.29. The van der Waals surface area contributed by atoms with Gasteiger partial charge in [-0.1, -0.05) is 56.3 Å². The van der Waals surface area contributed by atoms with Crippen LogP contribution in [0.4, 0.5) is 13.2 Å². The van der Waals surface area contributed by atoms with Gasteiger partial charge in [0.15, 0.2) is 0 Å². The van der Waals surface area contributed by atoms with E-state index in [4.69, 9.17) is 10.5 Å². The molecular weight excluding hydrogens is 413 g/mol. The summed E-state index contributed by atoms with van der Waals surface area (Å²) in [7, 11) is 1.56. The average molecular weight is 443 g/mol. The molecule has 0 amide bonds. The lowest BCUT2D eigenvalue weighted by Crippen LogP contribution is -2.27. The van der Waals surface area contributed by atoms with E-state index in [2.05, 4.69) is 19.2 Å². The minimum absolute atomic E-state index is 0.245. The van der Waals surface area contributed by atoms with Crippen molar-refractivity contribution in [3.63, 3.8) is 0 Å². The molecule has 0 saturated carbocycles. The van der Waals surface area contributed by atoms with E-state index in [1.165, 1.54) is 12.1 Å². The number of methoxy groups -OCH3 is 1. The number of benzene rings is 3. The highest BCUT2D eigenvalue weighted by molar-refractivity contribution is 5.74. The van der Waals surface area contributed by atoms with Crippen LogP contribution in [0.15, 0.2) is 66.7 Å². The summed E-state index contributed by atoms with van der Waals surface area (Å²) in [4.78, 5) is 0. The van der Waals surface area contributed by atoms with Crippen LogP contribution in [0.3, 0.4) is 0 Å². The SMILES string of the molecule is COc1ccc(C(C)C)cc1-c1ccc(C(F)(F)F)cc1CNC[C@H](N)c1ccccc1. The Kier molecular flexibility index (Phi) is 7.59. The molecule has 3 aromatic carbocycles. The van der Waals surface area contributed by atoms with Crippen molar-refractivity contribution >= 4 is 0 Å². The van der Waals surface area contributed by atoms with E-state index in [9.17, 15) is 13.2 Å². The number of ether oxygens (including phenoxy) is 1. The zero-order valence-electron chi connectivity index (χ0n) is 18.5. The van der Waals surface area contributed by atoms with Gasteiger partial charge in [-0.15, -0.1) is 0 Å². The van der Waals surface area contributed by atoms with Crippen molar-refractivity contribution in [3.05, 3.63) is 89.0 Å². The highest BCUT2D eigenvalue weighted by atomic mass is 19.4. The molecule has 3 N–H and O–H groups in total. The monoisotopic (exact) mass is 442 g/mol. The number of nitrogens with two attached hydrogens (primary N) is 1. The van der Waals surface area contributed by atoms with E-state index in [-0.39, 0.29) is 18.5 Å². The lowest BCUT2D eigenvalue weighted by Gasteiger charge is -2.19. The third kappa shape index (κ3) is 5.69. The number of rotatable bonds is 8. The Labute approximate surface area is 187 Å². The van der Waals surface area contributed by atoms with Crippen LogP contribution in [0.25, 0.3) is 11.1 Å². The quantitative estimate of drug-likeness (QED) is 0.431. The second kappa shape index (κ2) is 10.2. The Hall–Kier alpha value is -2.83. The van der Waals surface area contributed by atoms with Gasteiger partial charge in [0.1, 0.15) is 5.75 Å². The van der Waals surface area contributed by atoms with Crippen molar-refractivity contribution in [3.8, 4) is 16.9 Å². The van der Waals surface area contributed by atoms with Crippen molar-refractivity contribution in [1.82, 2.24) is 5.32 Å². The number of halogens is 3. The predicted molar refractivity (Wildman–Crippen MR) is 123 cm³/mol. The van der Waals surface area contributed by atoms with Gasteiger partial charge in [-0.05, 0) is 52.4 Å². The number of alkyl halides is 3. The zero-order valence-corrected chi connectivity index (χ0v) is 18.5. The fourth-order valence-corrected chi connectivity index (χ4v) is 3.65. The highest BCUT2D eigenvalue weighted by Crippen LogP contribution is 2.38. The van der Waals surface area contributed by atoms with Crippen LogP contribution in [0.2, 0.25) is 0 Å². The van der Waals surface area contributed by atoms with Crippen LogP contribution in [-0.4, -0.2) is 13.7 Å². The van der Waals surface area contributed by atoms with Crippen LogP contribution in [-0.2, 0) is 12.7 Å². The first kappa shape index (κ1) is 23.8. The van der Waals surface area contributed by atoms with Gasteiger partial charge in [0.25, 0.3) is 0 Å². The van der Waals surface area contributed by atoms with Gasteiger partial charge in [0.05, 0.1) is 12.7 Å². The highest BCUT2D eigenvalue weighted by Gasteiger charge is 2.31. The minimum Gasteiger partial charge on any atom is -0.496 e. The summed E-state index contributed by atoms with van der Waals surface area (Å²) >= 11 is 0. The topological polar surface area (TPSA) is 47.3 Å². The zero-order chi connectivity index (χ0) is 23.3. The minimum atomic E-state index is -4.42. The smallest absolute Gasteiger partial charge is 0.416 e. The molecular formula is C26H29F3N2O. The molecule has 3 nitrogen and oxygen atoms in total. The molecule has 0 aliphatic rings. The molecule has 3 aromatic rings. The van der Waals surface area contributed by atoms with E-state index in [1.807, 2.05) is 48.5 Å². The van der Waals surface area contributed by atoms with Gasteiger partial charge < -0.3 is 15.8 Å². The van der Waals surface area contributed by atoms with Gasteiger partial charge in [0.2, 0.25) is 0 Å². The molecule has 0 aliphatic heterocycles. The fraction of sp³-hybridized carbons (Fsp3) is 0.308. The molecule has 1 atom stereocenters. The number of nitrogens with one attached hydrogen (secondary N) is 1. The van der Waals surface area contributed by atoms with Gasteiger partial charge in [-0.3, -0.25) is 0 Å². The maximum absolute atomic E-state index is 13.4. The van der Waals surface area contributed by atoms with Crippen molar-refractivity contribution < 1.29 is 17.9 Å². The second-order valence-corrected chi connectivity index (χ2v) is 8.13. The Bertz CT molecular complexity index is 1030. The Morgan fingerprint density at radius 2 is 1.62 bits per heavy atom. The molecule has 0 saturated heterocycles. The largest absolute Gasteiger partial charge is 0.496 e. The first-order chi connectivity index (χ1) is 15.2. The molecule has 0 spiro atoms. The van der Waals surface area contributed by atoms with Crippen LogP contribution in [0.1, 0.15) is 48.1 Å². The van der Waals surface area contributed by atoms with E-state index >= 15 is 0 Å². The van der Waals surface area contributed by atoms with Gasteiger partial charge in [-0.25, -0.2) is 0 Å². The Morgan fingerprint density at radius 3 is 2.25 bits per heavy atom. The molecule has 0 fully saturated rings. The molecule has 32 heavy (non-hydrogen) atoms. The summed E-state index contributed by atoms with van der Waals surface area (Å²) in [5.74, 6) is 0.899. The Balaban J connectivity index is 1.94. The standard InChI is InChI=1S/C26H29F3N2O/c1-17(2)19-9-12-25(32-3)23(14-19)22-11-10-21(26(27,28)29)13-20(22)15-31-16-24(30)18-7-5-4-6-8-18/h4-14,17,24,31H,15-16,30H2,1-3H3/t24-/m0/s1. The normalized spacial score (nSPS) is 12.8.